The molecule has 6 heteroatoms. The lowest BCUT2D eigenvalue weighted by Gasteiger charge is -2.07. The highest BCUT2D eigenvalue weighted by molar-refractivity contribution is 5.36. The first-order chi connectivity index (χ1) is 8.51. The van der Waals surface area contributed by atoms with Crippen molar-refractivity contribution in [2.24, 2.45) is 5.73 Å². The van der Waals surface area contributed by atoms with Crippen LogP contribution in [0.15, 0.2) is 18.5 Å². The second-order valence-electron chi connectivity index (χ2n) is 3.48. The van der Waals surface area contributed by atoms with Crippen LogP contribution in [0, 0.1) is 11.8 Å². The Labute approximate surface area is 103 Å². The van der Waals surface area contributed by atoms with Crippen molar-refractivity contribution in [2.75, 3.05) is 13.2 Å². The summed E-state index contributed by atoms with van der Waals surface area (Å²) in [6.45, 7) is 0.228. The third kappa shape index (κ3) is 6.11. The van der Waals surface area contributed by atoms with Crippen molar-refractivity contribution >= 4 is 0 Å². The average Bonchev–Trinajstić information content (AvgIpc) is 2.31. The summed E-state index contributed by atoms with van der Waals surface area (Å²) < 4.78 is 40.8. The Morgan fingerprint density at radius 3 is 2.78 bits per heavy atom. The molecule has 0 aliphatic carbocycles. The average molecular weight is 258 g/mol. The fourth-order valence-corrected chi connectivity index (χ4v) is 1.18. The Bertz CT molecular complexity index is 435. The van der Waals surface area contributed by atoms with Gasteiger partial charge in [0.1, 0.15) is 5.75 Å². The molecule has 2 N–H and O–H groups in total. The molecule has 0 saturated carbocycles. The van der Waals surface area contributed by atoms with Gasteiger partial charge in [0.25, 0.3) is 0 Å². The lowest BCUT2D eigenvalue weighted by atomic mass is 10.3. The SMILES string of the molecule is NCC#Cc1cncc(OCCCC(F)(F)F)c1. The molecule has 1 rings (SSSR count). The normalized spacial score (nSPS) is 10.7. The molecule has 0 saturated heterocycles. The third-order valence-electron chi connectivity index (χ3n) is 1.92. The van der Waals surface area contributed by atoms with Crippen LogP contribution in [0.25, 0.3) is 0 Å². The van der Waals surface area contributed by atoms with Gasteiger partial charge in [0.2, 0.25) is 0 Å². The Balaban J connectivity index is 2.43. The number of pyridine rings is 1. The number of hydrogen-bond acceptors (Lipinski definition) is 3. The van der Waals surface area contributed by atoms with Crippen LogP contribution in [-0.4, -0.2) is 24.3 Å². The number of aromatic nitrogens is 1. The predicted molar refractivity (Wildman–Crippen MR) is 61.0 cm³/mol. The van der Waals surface area contributed by atoms with Crippen LogP contribution in [0.1, 0.15) is 18.4 Å². The van der Waals surface area contributed by atoms with Crippen LogP contribution in [-0.2, 0) is 0 Å². The van der Waals surface area contributed by atoms with E-state index in [2.05, 4.69) is 16.8 Å². The van der Waals surface area contributed by atoms with Gasteiger partial charge in [0.05, 0.1) is 19.3 Å². The highest BCUT2D eigenvalue weighted by atomic mass is 19.4. The van der Waals surface area contributed by atoms with Gasteiger partial charge in [-0.05, 0) is 12.5 Å². The van der Waals surface area contributed by atoms with Crippen LogP contribution >= 0.6 is 0 Å². The summed E-state index contributed by atoms with van der Waals surface area (Å²) in [6.07, 6.45) is -2.11. The van der Waals surface area contributed by atoms with Gasteiger partial charge in [-0.2, -0.15) is 13.2 Å². The third-order valence-corrected chi connectivity index (χ3v) is 1.92. The fraction of sp³-hybridized carbons (Fsp3) is 0.417. The van der Waals surface area contributed by atoms with E-state index in [9.17, 15) is 13.2 Å². The summed E-state index contributed by atoms with van der Waals surface area (Å²) in [5.74, 6) is 5.82. The van der Waals surface area contributed by atoms with Crippen molar-refractivity contribution in [2.45, 2.75) is 19.0 Å². The first kappa shape index (κ1) is 14.3. The Kier molecular flexibility index (Phi) is 5.46. The molecule has 0 aliphatic rings. The molecule has 0 radical (unpaired) electrons. The molecular formula is C12H13F3N2O. The number of alkyl halides is 3. The summed E-state index contributed by atoms with van der Waals surface area (Å²) in [5, 5.41) is 0. The number of rotatable bonds is 4. The monoisotopic (exact) mass is 258 g/mol. The first-order valence-electron chi connectivity index (χ1n) is 5.35. The number of ether oxygens (including phenoxy) is 1. The van der Waals surface area contributed by atoms with Crippen LogP contribution in [0.5, 0.6) is 5.75 Å². The maximum absolute atomic E-state index is 11.9. The Hall–Kier alpha value is -1.74. The molecule has 3 nitrogen and oxygen atoms in total. The van der Waals surface area contributed by atoms with Gasteiger partial charge >= 0.3 is 6.18 Å². The number of halogens is 3. The zero-order valence-electron chi connectivity index (χ0n) is 9.63. The van der Waals surface area contributed by atoms with Gasteiger partial charge in [-0.25, -0.2) is 0 Å². The second-order valence-corrected chi connectivity index (χ2v) is 3.48. The van der Waals surface area contributed by atoms with Crippen molar-refractivity contribution < 1.29 is 17.9 Å². The van der Waals surface area contributed by atoms with E-state index in [4.69, 9.17) is 10.5 Å². The van der Waals surface area contributed by atoms with Gasteiger partial charge in [0, 0.05) is 18.2 Å². The molecule has 18 heavy (non-hydrogen) atoms. The van der Waals surface area contributed by atoms with E-state index >= 15 is 0 Å². The largest absolute Gasteiger partial charge is 0.492 e. The van der Waals surface area contributed by atoms with Crippen molar-refractivity contribution in [1.29, 1.82) is 0 Å². The highest BCUT2D eigenvalue weighted by Crippen LogP contribution is 2.21. The molecule has 0 fully saturated rings. The molecule has 1 aromatic rings. The highest BCUT2D eigenvalue weighted by Gasteiger charge is 2.26. The molecule has 0 spiro atoms. The fourth-order valence-electron chi connectivity index (χ4n) is 1.18. The standard InChI is InChI=1S/C12H13F3N2O/c13-12(14,15)4-2-6-18-11-7-10(3-1-5-16)8-17-9-11/h7-9H,2,4-6,16H2. The lowest BCUT2D eigenvalue weighted by molar-refractivity contribution is -0.136. The molecule has 0 amide bonds. The molecule has 0 atom stereocenters. The quantitative estimate of drug-likeness (QED) is 0.664. The summed E-state index contributed by atoms with van der Waals surface area (Å²) >= 11 is 0. The summed E-state index contributed by atoms with van der Waals surface area (Å²) in [4.78, 5) is 3.87. The van der Waals surface area contributed by atoms with Crippen LogP contribution < -0.4 is 10.5 Å². The van der Waals surface area contributed by atoms with E-state index in [1.54, 1.807) is 6.07 Å². The Morgan fingerprint density at radius 1 is 1.33 bits per heavy atom. The van der Waals surface area contributed by atoms with Crippen LogP contribution in [0.2, 0.25) is 0 Å². The second kappa shape index (κ2) is 6.87. The molecule has 0 aliphatic heterocycles. The number of nitrogens with two attached hydrogens (primary N) is 1. The van der Waals surface area contributed by atoms with Gasteiger partial charge in [-0.1, -0.05) is 11.8 Å². The van der Waals surface area contributed by atoms with E-state index in [-0.39, 0.29) is 19.6 Å². The van der Waals surface area contributed by atoms with Gasteiger partial charge < -0.3 is 10.5 Å². The van der Waals surface area contributed by atoms with Crippen molar-refractivity contribution in [1.82, 2.24) is 4.98 Å². The lowest BCUT2D eigenvalue weighted by Crippen LogP contribution is -2.09. The summed E-state index contributed by atoms with van der Waals surface area (Å²) in [7, 11) is 0. The smallest absolute Gasteiger partial charge is 0.389 e. The zero-order chi connectivity index (χ0) is 13.4. The predicted octanol–water partition coefficient (Wildman–Crippen LogP) is 2.11. The summed E-state index contributed by atoms with van der Waals surface area (Å²) in [5.41, 5.74) is 5.84. The van der Waals surface area contributed by atoms with Gasteiger partial charge in [-0.3, -0.25) is 4.98 Å². The molecule has 0 aromatic carbocycles. The maximum Gasteiger partial charge on any atom is 0.389 e. The van der Waals surface area contributed by atoms with Crippen molar-refractivity contribution in [3.63, 3.8) is 0 Å². The summed E-state index contributed by atoms with van der Waals surface area (Å²) in [6, 6.07) is 1.61. The van der Waals surface area contributed by atoms with Crippen molar-refractivity contribution in [3.05, 3.63) is 24.0 Å². The van der Waals surface area contributed by atoms with Gasteiger partial charge in [-0.15, -0.1) is 0 Å². The van der Waals surface area contributed by atoms with E-state index in [1.807, 2.05) is 0 Å². The first-order valence-corrected chi connectivity index (χ1v) is 5.35. The minimum absolute atomic E-state index is 0.00500. The Morgan fingerprint density at radius 2 is 2.11 bits per heavy atom. The molecule has 1 heterocycles. The van der Waals surface area contributed by atoms with E-state index in [1.165, 1.54) is 12.4 Å². The van der Waals surface area contributed by atoms with E-state index in [0.29, 0.717) is 11.3 Å². The van der Waals surface area contributed by atoms with E-state index in [0.717, 1.165) is 0 Å². The minimum Gasteiger partial charge on any atom is -0.492 e. The number of nitrogens with zero attached hydrogens (tertiary/aromatic N) is 1. The van der Waals surface area contributed by atoms with Gasteiger partial charge in [0.15, 0.2) is 0 Å². The molecule has 98 valence electrons. The molecular weight excluding hydrogens is 245 g/mol. The minimum atomic E-state index is -4.14. The van der Waals surface area contributed by atoms with E-state index < -0.39 is 12.6 Å². The van der Waals surface area contributed by atoms with Crippen LogP contribution in [0.4, 0.5) is 13.2 Å². The van der Waals surface area contributed by atoms with Crippen LogP contribution in [0.3, 0.4) is 0 Å². The number of hydrogen-bond donors (Lipinski definition) is 1. The molecule has 1 aromatic heterocycles. The molecule has 0 unspecified atom stereocenters. The topological polar surface area (TPSA) is 48.1 Å². The molecule has 0 bridgehead atoms. The maximum atomic E-state index is 11.9. The zero-order valence-corrected chi connectivity index (χ0v) is 9.63. The van der Waals surface area contributed by atoms with Crippen molar-refractivity contribution in [3.8, 4) is 17.6 Å².